The average Bonchev–Trinajstić information content (AvgIpc) is 2.87. The number of amides is 1. The summed E-state index contributed by atoms with van der Waals surface area (Å²) in [6.45, 7) is 8.41. The third-order valence-corrected chi connectivity index (χ3v) is 6.80. The third kappa shape index (κ3) is 7.26. The van der Waals surface area contributed by atoms with E-state index in [1.54, 1.807) is 18.2 Å². The number of nitrogens with one attached hydrogen (secondary N) is 1. The fraction of sp³-hybridized carbons (Fsp3) is 0.370. The summed E-state index contributed by atoms with van der Waals surface area (Å²) in [5, 5.41) is 3.86. The Kier molecular flexibility index (Phi) is 8.44. The van der Waals surface area contributed by atoms with Crippen molar-refractivity contribution < 1.29 is 14.3 Å². The second-order valence-electron chi connectivity index (χ2n) is 9.76. The predicted octanol–water partition coefficient (Wildman–Crippen LogP) is 6.29. The zero-order valence-corrected chi connectivity index (χ0v) is 23.8. The Morgan fingerprint density at radius 1 is 1.11 bits per heavy atom. The van der Waals surface area contributed by atoms with E-state index in [2.05, 4.69) is 43.3 Å². The minimum absolute atomic E-state index is 0.254. The SMILES string of the molecule is COc1cc(Cc2nc(Nc3ccc(N4CCN(C(=O)OC(C)(C)C)CC4)cc3)ncc2Br)ccc1Cl. The fourth-order valence-corrected chi connectivity index (χ4v) is 4.48. The van der Waals surface area contributed by atoms with E-state index in [-0.39, 0.29) is 6.09 Å². The fourth-order valence-electron chi connectivity index (χ4n) is 3.95. The van der Waals surface area contributed by atoms with Crippen molar-refractivity contribution in [2.75, 3.05) is 43.5 Å². The Balaban J connectivity index is 1.37. The van der Waals surface area contributed by atoms with Crippen LogP contribution < -0.4 is 15.0 Å². The topological polar surface area (TPSA) is 79.8 Å². The number of nitrogens with zero attached hydrogens (tertiary/aromatic N) is 4. The van der Waals surface area contributed by atoms with E-state index in [0.717, 1.165) is 40.2 Å². The molecule has 10 heteroatoms. The van der Waals surface area contributed by atoms with Crippen molar-refractivity contribution in [2.24, 2.45) is 0 Å². The molecule has 8 nitrogen and oxygen atoms in total. The lowest BCUT2D eigenvalue weighted by Crippen LogP contribution is -2.50. The second kappa shape index (κ2) is 11.6. The summed E-state index contributed by atoms with van der Waals surface area (Å²) in [4.78, 5) is 25.5. The highest BCUT2D eigenvalue weighted by Gasteiger charge is 2.26. The monoisotopic (exact) mass is 587 g/mol. The van der Waals surface area contributed by atoms with Gasteiger partial charge in [-0.1, -0.05) is 17.7 Å². The number of methoxy groups -OCH3 is 1. The molecule has 0 unspecified atom stereocenters. The van der Waals surface area contributed by atoms with E-state index < -0.39 is 5.60 Å². The van der Waals surface area contributed by atoms with Gasteiger partial charge in [0.05, 0.1) is 22.3 Å². The molecule has 196 valence electrons. The van der Waals surface area contributed by atoms with Crippen LogP contribution in [0.4, 0.5) is 22.1 Å². The van der Waals surface area contributed by atoms with E-state index >= 15 is 0 Å². The van der Waals surface area contributed by atoms with Crippen molar-refractivity contribution in [1.29, 1.82) is 0 Å². The zero-order chi connectivity index (χ0) is 26.6. The van der Waals surface area contributed by atoms with E-state index in [1.165, 1.54) is 0 Å². The molecule has 2 heterocycles. The maximum Gasteiger partial charge on any atom is 0.410 e. The average molecular weight is 589 g/mol. The van der Waals surface area contributed by atoms with Gasteiger partial charge in [-0.05, 0) is 78.7 Å². The van der Waals surface area contributed by atoms with Crippen LogP contribution >= 0.6 is 27.5 Å². The highest BCUT2D eigenvalue weighted by Crippen LogP contribution is 2.28. The molecule has 1 aromatic heterocycles. The lowest BCUT2D eigenvalue weighted by Gasteiger charge is -2.36. The molecule has 1 fully saturated rings. The molecule has 4 rings (SSSR count). The highest BCUT2D eigenvalue weighted by molar-refractivity contribution is 9.10. The number of aromatic nitrogens is 2. The van der Waals surface area contributed by atoms with E-state index in [0.29, 0.717) is 36.2 Å². The largest absolute Gasteiger partial charge is 0.495 e. The molecule has 0 radical (unpaired) electrons. The van der Waals surface area contributed by atoms with Crippen molar-refractivity contribution in [2.45, 2.75) is 32.8 Å². The highest BCUT2D eigenvalue weighted by atomic mass is 79.9. The number of rotatable bonds is 6. The van der Waals surface area contributed by atoms with E-state index in [4.69, 9.17) is 26.1 Å². The maximum absolute atomic E-state index is 12.3. The van der Waals surface area contributed by atoms with Crippen LogP contribution in [0.15, 0.2) is 53.1 Å². The molecule has 0 aliphatic carbocycles. The molecule has 1 aliphatic rings. The van der Waals surface area contributed by atoms with E-state index in [1.807, 2.05) is 51.1 Å². The van der Waals surface area contributed by atoms with Gasteiger partial charge in [0.25, 0.3) is 0 Å². The molecule has 3 aromatic rings. The van der Waals surface area contributed by atoms with Gasteiger partial charge in [-0.3, -0.25) is 0 Å². The molecule has 1 amide bonds. The summed E-state index contributed by atoms with van der Waals surface area (Å²) in [6, 6.07) is 13.8. The smallest absolute Gasteiger partial charge is 0.410 e. The number of piperazine rings is 1. The molecule has 0 bridgehead atoms. The number of carbonyl (C=O) groups is 1. The number of hydrogen-bond acceptors (Lipinski definition) is 7. The van der Waals surface area contributed by atoms with Gasteiger partial charge in [0.15, 0.2) is 0 Å². The first-order valence-electron chi connectivity index (χ1n) is 12.0. The minimum Gasteiger partial charge on any atom is -0.495 e. The molecule has 1 saturated heterocycles. The normalized spacial score (nSPS) is 13.9. The van der Waals surface area contributed by atoms with Crippen LogP contribution in [-0.2, 0) is 11.2 Å². The zero-order valence-electron chi connectivity index (χ0n) is 21.4. The maximum atomic E-state index is 12.3. The Hall–Kier alpha value is -3.04. The van der Waals surface area contributed by atoms with Crippen molar-refractivity contribution in [3.63, 3.8) is 0 Å². The lowest BCUT2D eigenvalue weighted by atomic mass is 10.1. The van der Waals surface area contributed by atoms with Crippen molar-refractivity contribution >= 4 is 50.9 Å². The summed E-state index contributed by atoms with van der Waals surface area (Å²) in [5.74, 6) is 1.15. The van der Waals surface area contributed by atoms with Gasteiger partial charge < -0.3 is 24.6 Å². The van der Waals surface area contributed by atoms with Crippen LogP contribution in [0.1, 0.15) is 32.0 Å². The third-order valence-electron chi connectivity index (χ3n) is 5.82. The van der Waals surface area contributed by atoms with Gasteiger partial charge in [-0.2, -0.15) is 0 Å². The number of ether oxygens (including phenoxy) is 2. The molecule has 0 spiro atoms. The molecule has 1 aliphatic heterocycles. The summed E-state index contributed by atoms with van der Waals surface area (Å²) >= 11 is 9.71. The summed E-state index contributed by atoms with van der Waals surface area (Å²) in [6.07, 6.45) is 2.09. The predicted molar refractivity (Wildman–Crippen MR) is 150 cm³/mol. The minimum atomic E-state index is -0.486. The molecule has 37 heavy (non-hydrogen) atoms. The van der Waals surface area contributed by atoms with Crippen molar-refractivity contribution in [3.8, 4) is 5.75 Å². The summed E-state index contributed by atoms with van der Waals surface area (Å²) < 4.78 is 11.6. The standard InChI is InChI=1S/C27H31BrClN5O3/c1-27(2,3)37-26(35)34-13-11-33(12-14-34)20-8-6-19(7-9-20)31-25-30-17-21(28)23(32-25)15-18-5-10-22(29)24(16-18)36-4/h5-10,16-17H,11-15H2,1-4H3,(H,30,31,32). The number of carbonyl (C=O) groups excluding carboxylic acids is 1. The van der Waals surface area contributed by atoms with Gasteiger partial charge in [0.1, 0.15) is 11.4 Å². The van der Waals surface area contributed by atoms with Gasteiger partial charge in [-0.25, -0.2) is 14.8 Å². The first-order chi connectivity index (χ1) is 17.6. The van der Waals surface area contributed by atoms with E-state index in [9.17, 15) is 4.79 Å². The Morgan fingerprint density at radius 3 is 2.46 bits per heavy atom. The van der Waals surface area contributed by atoms with Gasteiger partial charge in [-0.15, -0.1) is 0 Å². The first-order valence-corrected chi connectivity index (χ1v) is 13.2. The number of halogens is 2. The van der Waals surface area contributed by atoms with Gasteiger partial charge in [0.2, 0.25) is 5.95 Å². The summed E-state index contributed by atoms with van der Waals surface area (Å²) in [5.41, 5.74) is 3.38. The number of anilines is 3. The molecule has 2 aromatic carbocycles. The number of hydrogen-bond donors (Lipinski definition) is 1. The van der Waals surface area contributed by atoms with Crippen LogP contribution in [0, 0.1) is 0 Å². The van der Waals surface area contributed by atoms with Crippen molar-refractivity contribution in [3.05, 3.63) is 69.4 Å². The quantitative estimate of drug-likeness (QED) is 0.362. The molecule has 1 N–H and O–H groups in total. The van der Waals surface area contributed by atoms with Crippen LogP contribution in [0.5, 0.6) is 5.75 Å². The van der Waals surface area contributed by atoms with Crippen molar-refractivity contribution in [1.82, 2.24) is 14.9 Å². The molecular weight excluding hydrogens is 558 g/mol. The Morgan fingerprint density at radius 2 is 1.81 bits per heavy atom. The van der Waals surface area contributed by atoms with Gasteiger partial charge >= 0.3 is 6.09 Å². The second-order valence-corrected chi connectivity index (χ2v) is 11.0. The molecule has 0 atom stereocenters. The first kappa shape index (κ1) is 27.0. The van der Waals surface area contributed by atoms with Crippen LogP contribution in [0.25, 0.3) is 0 Å². The number of benzene rings is 2. The van der Waals surface area contributed by atoms with Gasteiger partial charge in [0, 0.05) is 50.2 Å². The summed E-state index contributed by atoms with van der Waals surface area (Å²) in [7, 11) is 1.60. The Labute approximate surface area is 231 Å². The van der Waals surface area contributed by atoms with Crippen LogP contribution in [-0.4, -0.2) is 59.9 Å². The lowest BCUT2D eigenvalue weighted by molar-refractivity contribution is 0.0240. The molecule has 0 saturated carbocycles. The van der Waals surface area contributed by atoms with Crippen LogP contribution in [0.3, 0.4) is 0 Å². The van der Waals surface area contributed by atoms with Crippen LogP contribution in [0.2, 0.25) is 5.02 Å². The molecular formula is C27H31BrClN5O3. The Bertz CT molecular complexity index is 1240.